The molecule has 112 valence electrons. The lowest BCUT2D eigenvalue weighted by Crippen LogP contribution is -2.52. The summed E-state index contributed by atoms with van der Waals surface area (Å²) in [6.45, 7) is 3.82. The van der Waals surface area contributed by atoms with E-state index in [0.717, 1.165) is 0 Å². The summed E-state index contributed by atoms with van der Waals surface area (Å²) in [6, 6.07) is 6.71. The highest BCUT2D eigenvalue weighted by molar-refractivity contribution is 5.81. The quantitative estimate of drug-likeness (QED) is 0.898. The monoisotopic (exact) mass is 289 g/mol. The molecular formula is C14H18F3NO2. The Balaban J connectivity index is 3.01. The van der Waals surface area contributed by atoms with Gasteiger partial charge in [-0.1, -0.05) is 51.1 Å². The van der Waals surface area contributed by atoms with E-state index in [1.54, 1.807) is 26.8 Å². The summed E-state index contributed by atoms with van der Waals surface area (Å²) >= 11 is 0. The number of benzene rings is 1. The number of aliphatic hydroxyl groups is 1. The third-order valence-corrected chi connectivity index (χ3v) is 2.91. The zero-order chi connectivity index (χ0) is 15.6. The third-order valence-electron chi connectivity index (χ3n) is 2.91. The van der Waals surface area contributed by atoms with Crippen molar-refractivity contribution in [1.29, 1.82) is 0 Å². The number of amides is 1. The predicted octanol–water partition coefficient (Wildman–Crippen LogP) is 2.60. The molecule has 0 heterocycles. The molecule has 0 aromatic heterocycles. The summed E-state index contributed by atoms with van der Waals surface area (Å²) in [4.78, 5) is 11.7. The van der Waals surface area contributed by atoms with Crippen molar-refractivity contribution in [3.63, 3.8) is 0 Å². The van der Waals surface area contributed by atoms with Gasteiger partial charge in [0.2, 0.25) is 11.5 Å². The first kappa shape index (κ1) is 16.5. The van der Waals surface area contributed by atoms with E-state index >= 15 is 0 Å². The lowest BCUT2D eigenvalue weighted by Gasteiger charge is -2.32. The van der Waals surface area contributed by atoms with Crippen LogP contribution in [0.15, 0.2) is 30.3 Å². The van der Waals surface area contributed by atoms with Crippen LogP contribution in [0.4, 0.5) is 13.2 Å². The fourth-order valence-electron chi connectivity index (χ4n) is 1.55. The second-order valence-electron chi connectivity index (χ2n) is 5.66. The van der Waals surface area contributed by atoms with Crippen LogP contribution in [-0.4, -0.2) is 23.7 Å². The second kappa shape index (κ2) is 5.44. The Morgan fingerprint density at radius 2 is 1.65 bits per heavy atom. The summed E-state index contributed by atoms with van der Waals surface area (Å²) < 4.78 is 39.4. The van der Waals surface area contributed by atoms with Crippen molar-refractivity contribution in [1.82, 2.24) is 5.32 Å². The van der Waals surface area contributed by atoms with E-state index in [2.05, 4.69) is 5.32 Å². The molecule has 0 spiro atoms. The highest BCUT2D eigenvalue weighted by Crippen LogP contribution is 2.38. The van der Waals surface area contributed by atoms with E-state index in [1.807, 2.05) is 0 Å². The van der Waals surface area contributed by atoms with Crippen molar-refractivity contribution >= 4 is 5.91 Å². The topological polar surface area (TPSA) is 49.3 Å². The molecule has 2 N–H and O–H groups in total. The Kier molecular flexibility index (Phi) is 4.49. The molecule has 1 aromatic rings. The average Bonchev–Trinajstić information content (AvgIpc) is 2.34. The lowest BCUT2D eigenvalue weighted by molar-refractivity contribution is -0.264. The summed E-state index contributed by atoms with van der Waals surface area (Å²) in [6.07, 6.45) is -4.89. The minimum absolute atomic E-state index is 0.304. The van der Waals surface area contributed by atoms with Gasteiger partial charge >= 0.3 is 6.18 Å². The number of alkyl halides is 3. The molecule has 1 unspecified atom stereocenters. The molecule has 1 aromatic carbocycles. The van der Waals surface area contributed by atoms with Crippen LogP contribution >= 0.6 is 0 Å². The molecule has 0 saturated carbocycles. The van der Waals surface area contributed by atoms with Crippen LogP contribution in [0.1, 0.15) is 26.3 Å². The molecule has 0 aliphatic heterocycles. The van der Waals surface area contributed by atoms with E-state index in [0.29, 0.717) is 0 Å². The number of carbonyl (C=O) groups is 1. The molecule has 0 aliphatic rings. The van der Waals surface area contributed by atoms with Gasteiger partial charge in [0.25, 0.3) is 0 Å². The number of hydrogen-bond donors (Lipinski definition) is 2. The first-order valence-corrected chi connectivity index (χ1v) is 6.11. The Hall–Kier alpha value is -1.56. The van der Waals surface area contributed by atoms with Crippen molar-refractivity contribution in [2.24, 2.45) is 5.41 Å². The Labute approximate surface area is 115 Å². The van der Waals surface area contributed by atoms with Crippen molar-refractivity contribution in [3.05, 3.63) is 35.9 Å². The van der Waals surface area contributed by atoms with Crippen LogP contribution in [0.3, 0.4) is 0 Å². The SMILES string of the molecule is CC(C)(C)C(=O)NCC(O)(c1ccccc1)C(F)(F)F. The Morgan fingerprint density at radius 1 is 1.15 bits per heavy atom. The van der Waals surface area contributed by atoms with E-state index in [4.69, 9.17) is 0 Å². The zero-order valence-corrected chi connectivity index (χ0v) is 11.6. The first-order chi connectivity index (χ1) is 8.98. The number of hydrogen-bond acceptors (Lipinski definition) is 2. The van der Waals surface area contributed by atoms with Crippen molar-refractivity contribution in [2.75, 3.05) is 6.54 Å². The molecule has 1 rings (SSSR count). The Morgan fingerprint density at radius 3 is 2.05 bits per heavy atom. The van der Waals surface area contributed by atoms with Gasteiger partial charge in [-0.2, -0.15) is 13.2 Å². The maximum atomic E-state index is 13.1. The summed E-state index contributed by atoms with van der Waals surface area (Å²) in [5.74, 6) is -0.559. The summed E-state index contributed by atoms with van der Waals surface area (Å²) in [5.41, 5.74) is -4.24. The molecule has 20 heavy (non-hydrogen) atoms. The van der Waals surface area contributed by atoms with Crippen LogP contribution in [-0.2, 0) is 10.4 Å². The van der Waals surface area contributed by atoms with E-state index in [-0.39, 0.29) is 5.56 Å². The van der Waals surface area contributed by atoms with Gasteiger partial charge in [0.1, 0.15) is 0 Å². The molecule has 1 amide bonds. The van der Waals surface area contributed by atoms with E-state index in [1.165, 1.54) is 24.3 Å². The highest BCUT2D eigenvalue weighted by atomic mass is 19.4. The molecule has 3 nitrogen and oxygen atoms in total. The summed E-state index contributed by atoms with van der Waals surface area (Å²) in [5, 5.41) is 12.2. The molecule has 1 atom stereocenters. The number of rotatable bonds is 3. The van der Waals surface area contributed by atoms with Gasteiger partial charge in [-0.3, -0.25) is 4.79 Å². The van der Waals surface area contributed by atoms with Gasteiger partial charge < -0.3 is 10.4 Å². The minimum Gasteiger partial charge on any atom is -0.375 e. The van der Waals surface area contributed by atoms with Crippen LogP contribution in [0, 0.1) is 5.41 Å². The van der Waals surface area contributed by atoms with Gasteiger partial charge in [0.15, 0.2) is 0 Å². The largest absolute Gasteiger partial charge is 0.423 e. The standard InChI is InChI=1S/C14H18F3NO2/c1-12(2,3)11(19)18-9-13(20,14(15,16)17)10-7-5-4-6-8-10/h4-8,20H,9H2,1-3H3,(H,18,19). The van der Waals surface area contributed by atoms with Crippen molar-refractivity contribution in [2.45, 2.75) is 32.5 Å². The number of nitrogens with one attached hydrogen (secondary N) is 1. The van der Waals surface area contributed by atoms with E-state index in [9.17, 15) is 23.1 Å². The molecule has 0 fully saturated rings. The molecule has 0 bridgehead atoms. The predicted molar refractivity (Wildman–Crippen MR) is 68.9 cm³/mol. The summed E-state index contributed by atoms with van der Waals surface area (Å²) in [7, 11) is 0. The molecule has 0 radical (unpaired) electrons. The second-order valence-corrected chi connectivity index (χ2v) is 5.66. The average molecular weight is 289 g/mol. The normalized spacial score (nSPS) is 15.6. The van der Waals surface area contributed by atoms with Gasteiger partial charge in [-0.05, 0) is 5.56 Å². The van der Waals surface area contributed by atoms with Crippen LogP contribution < -0.4 is 5.32 Å². The van der Waals surface area contributed by atoms with Crippen LogP contribution in [0.5, 0.6) is 0 Å². The number of halogens is 3. The van der Waals surface area contributed by atoms with Gasteiger partial charge in [-0.15, -0.1) is 0 Å². The van der Waals surface area contributed by atoms with Crippen molar-refractivity contribution < 1.29 is 23.1 Å². The fraction of sp³-hybridized carbons (Fsp3) is 0.500. The van der Waals surface area contributed by atoms with Gasteiger partial charge in [0.05, 0.1) is 6.54 Å². The van der Waals surface area contributed by atoms with E-state index < -0.39 is 29.6 Å². The smallest absolute Gasteiger partial charge is 0.375 e. The minimum atomic E-state index is -4.89. The lowest BCUT2D eigenvalue weighted by atomic mass is 9.91. The molecule has 0 aliphatic carbocycles. The fourth-order valence-corrected chi connectivity index (χ4v) is 1.55. The maximum Gasteiger partial charge on any atom is 0.423 e. The first-order valence-electron chi connectivity index (χ1n) is 6.11. The highest BCUT2D eigenvalue weighted by Gasteiger charge is 2.55. The molecule has 6 heteroatoms. The van der Waals surface area contributed by atoms with Crippen LogP contribution in [0.25, 0.3) is 0 Å². The molecule has 0 saturated heterocycles. The molecular weight excluding hydrogens is 271 g/mol. The van der Waals surface area contributed by atoms with Crippen LogP contribution in [0.2, 0.25) is 0 Å². The Bertz CT molecular complexity index is 466. The van der Waals surface area contributed by atoms with Crippen molar-refractivity contribution in [3.8, 4) is 0 Å². The third kappa shape index (κ3) is 3.50. The maximum absolute atomic E-state index is 13.1. The zero-order valence-electron chi connectivity index (χ0n) is 11.6. The van der Waals surface area contributed by atoms with Gasteiger partial charge in [-0.25, -0.2) is 0 Å². The number of carbonyl (C=O) groups excluding carboxylic acids is 1. The van der Waals surface area contributed by atoms with Gasteiger partial charge in [0, 0.05) is 5.41 Å².